The Bertz CT molecular complexity index is 1250. The van der Waals surface area contributed by atoms with Gasteiger partial charge in [0.1, 0.15) is 11.6 Å². The fourth-order valence-electron chi connectivity index (χ4n) is 5.18. The van der Waals surface area contributed by atoms with Crippen LogP contribution in [0.1, 0.15) is 49.0 Å². The highest BCUT2D eigenvalue weighted by atomic mass is 35.5. The molecule has 0 saturated carbocycles. The first kappa shape index (κ1) is 30.4. The number of hydrogen-bond acceptors (Lipinski definition) is 5. The molecule has 40 heavy (non-hydrogen) atoms. The SMILES string of the molecule is CN(C(=O)c1ccc(Cl)cc1)[C@@H]1CCN(C(=O)C2COCCN2C(=O)OC(C)(C)C)C[C@H]1c1ccc(Cl)c(Cl)c1. The van der Waals surface area contributed by atoms with Crippen molar-refractivity contribution in [1.29, 1.82) is 0 Å². The van der Waals surface area contributed by atoms with E-state index in [0.29, 0.717) is 46.7 Å². The molecule has 0 bridgehead atoms. The molecule has 0 N–H and O–H groups in total. The quantitative estimate of drug-likeness (QED) is 0.441. The summed E-state index contributed by atoms with van der Waals surface area (Å²) in [5.41, 5.74) is 0.684. The Balaban J connectivity index is 1.59. The molecule has 11 heteroatoms. The fourth-order valence-corrected chi connectivity index (χ4v) is 5.61. The third-order valence-electron chi connectivity index (χ3n) is 7.21. The molecule has 0 aromatic heterocycles. The summed E-state index contributed by atoms with van der Waals surface area (Å²) < 4.78 is 11.2. The number of benzene rings is 2. The number of piperidine rings is 1. The Morgan fingerprint density at radius 1 is 1.00 bits per heavy atom. The highest BCUT2D eigenvalue weighted by molar-refractivity contribution is 6.42. The van der Waals surface area contributed by atoms with Gasteiger partial charge in [-0.1, -0.05) is 40.9 Å². The number of carbonyl (C=O) groups is 3. The van der Waals surface area contributed by atoms with Crippen molar-refractivity contribution in [3.05, 3.63) is 68.7 Å². The summed E-state index contributed by atoms with van der Waals surface area (Å²) in [6.45, 7) is 6.76. The topological polar surface area (TPSA) is 79.4 Å². The van der Waals surface area contributed by atoms with E-state index in [1.807, 2.05) is 6.07 Å². The van der Waals surface area contributed by atoms with Crippen LogP contribution < -0.4 is 0 Å². The average Bonchev–Trinajstić information content (AvgIpc) is 2.92. The Labute approximate surface area is 250 Å². The standard InChI is InChI=1S/C29H34Cl3N3O5/c1-29(2,3)40-28(38)35-13-14-39-17-25(35)27(37)34-12-11-24(21(16-34)19-7-10-22(31)23(32)15-19)33(4)26(36)18-5-8-20(30)9-6-18/h5-10,15,21,24-25H,11-14,16-17H2,1-4H3/t21-,24+,25?/m0/s1. The lowest BCUT2D eigenvalue weighted by atomic mass is 9.84. The minimum Gasteiger partial charge on any atom is -0.444 e. The molecule has 0 aliphatic carbocycles. The molecular weight excluding hydrogens is 577 g/mol. The summed E-state index contributed by atoms with van der Waals surface area (Å²) in [4.78, 5) is 45.1. The summed E-state index contributed by atoms with van der Waals surface area (Å²) in [5.74, 6) is -0.628. The molecule has 3 atom stereocenters. The van der Waals surface area contributed by atoms with Crippen molar-refractivity contribution in [1.82, 2.24) is 14.7 Å². The van der Waals surface area contributed by atoms with E-state index in [4.69, 9.17) is 44.3 Å². The first-order valence-corrected chi connectivity index (χ1v) is 14.3. The third kappa shape index (κ3) is 7.03. The molecule has 2 saturated heterocycles. The molecule has 2 aliphatic rings. The number of morpholine rings is 1. The van der Waals surface area contributed by atoms with Crippen LogP contribution in [-0.4, -0.2) is 90.2 Å². The van der Waals surface area contributed by atoms with Crippen LogP contribution in [0, 0.1) is 0 Å². The Morgan fingerprint density at radius 2 is 1.70 bits per heavy atom. The van der Waals surface area contributed by atoms with E-state index in [1.54, 1.807) is 74.0 Å². The van der Waals surface area contributed by atoms with E-state index < -0.39 is 17.7 Å². The number of likely N-dealkylation sites (N-methyl/N-ethyl adjacent to an activating group) is 1. The lowest BCUT2D eigenvalue weighted by molar-refractivity contribution is -0.144. The second kappa shape index (κ2) is 12.6. The van der Waals surface area contributed by atoms with E-state index in [-0.39, 0.29) is 36.9 Å². The van der Waals surface area contributed by atoms with Crippen molar-refractivity contribution in [2.75, 3.05) is 39.9 Å². The Hall–Kier alpha value is -2.52. The van der Waals surface area contributed by atoms with Gasteiger partial charge in [-0.2, -0.15) is 0 Å². The maximum Gasteiger partial charge on any atom is 0.411 e. The van der Waals surface area contributed by atoms with Crippen molar-refractivity contribution < 1.29 is 23.9 Å². The third-order valence-corrected chi connectivity index (χ3v) is 8.20. The van der Waals surface area contributed by atoms with Crippen LogP contribution in [0.25, 0.3) is 0 Å². The molecule has 2 fully saturated rings. The van der Waals surface area contributed by atoms with Crippen LogP contribution in [-0.2, 0) is 14.3 Å². The van der Waals surface area contributed by atoms with Gasteiger partial charge in [0, 0.05) is 49.2 Å². The van der Waals surface area contributed by atoms with Gasteiger partial charge in [-0.15, -0.1) is 0 Å². The van der Waals surface area contributed by atoms with Crippen LogP contribution >= 0.6 is 34.8 Å². The number of ether oxygens (including phenoxy) is 2. The lowest BCUT2D eigenvalue weighted by Crippen LogP contribution is -2.60. The molecule has 1 unspecified atom stereocenters. The minimum atomic E-state index is -0.803. The maximum absolute atomic E-state index is 13.9. The van der Waals surface area contributed by atoms with Crippen molar-refractivity contribution in [3.63, 3.8) is 0 Å². The van der Waals surface area contributed by atoms with E-state index in [9.17, 15) is 14.4 Å². The number of amides is 3. The van der Waals surface area contributed by atoms with Gasteiger partial charge in [0.2, 0.25) is 5.91 Å². The molecule has 2 aromatic carbocycles. The zero-order chi connectivity index (χ0) is 29.2. The molecule has 0 spiro atoms. The zero-order valence-electron chi connectivity index (χ0n) is 23.0. The number of hydrogen-bond donors (Lipinski definition) is 0. The monoisotopic (exact) mass is 609 g/mol. The first-order chi connectivity index (χ1) is 18.9. The van der Waals surface area contributed by atoms with E-state index >= 15 is 0 Å². The predicted molar refractivity (Wildman–Crippen MR) is 155 cm³/mol. The maximum atomic E-state index is 13.9. The zero-order valence-corrected chi connectivity index (χ0v) is 25.3. The fraction of sp³-hybridized carbons (Fsp3) is 0.483. The molecular formula is C29H34Cl3N3O5. The van der Waals surface area contributed by atoms with Gasteiger partial charge in [-0.25, -0.2) is 4.79 Å². The molecule has 0 radical (unpaired) electrons. The summed E-state index contributed by atoms with van der Waals surface area (Å²) in [5, 5.41) is 1.36. The minimum absolute atomic E-state index is 0.0877. The number of nitrogens with zero attached hydrogens (tertiary/aromatic N) is 3. The lowest BCUT2D eigenvalue weighted by Gasteiger charge is -2.45. The predicted octanol–water partition coefficient (Wildman–Crippen LogP) is 5.74. The summed E-state index contributed by atoms with van der Waals surface area (Å²) in [6, 6.07) is 11.1. The summed E-state index contributed by atoms with van der Waals surface area (Å²) >= 11 is 18.6. The summed E-state index contributed by atoms with van der Waals surface area (Å²) in [7, 11) is 1.77. The molecule has 2 heterocycles. The van der Waals surface area contributed by atoms with Gasteiger partial charge in [0.05, 0.1) is 23.3 Å². The van der Waals surface area contributed by atoms with Crippen LogP contribution in [0.5, 0.6) is 0 Å². The van der Waals surface area contributed by atoms with Crippen molar-refractivity contribution in [3.8, 4) is 0 Å². The Morgan fingerprint density at radius 3 is 2.35 bits per heavy atom. The van der Waals surface area contributed by atoms with Gasteiger partial charge in [-0.3, -0.25) is 14.5 Å². The average molecular weight is 611 g/mol. The molecule has 2 aromatic rings. The molecule has 2 aliphatic heterocycles. The van der Waals surface area contributed by atoms with Gasteiger partial charge < -0.3 is 19.3 Å². The van der Waals surface area contributed by atoms with Gasteiger partial charge in [-0.05, 0) is 69.2 Å². The highest BCUT2D eigenvalue weighted by Crippen LogP contribution is 2.35. The number of likely N-dealkylation sites (tertiary alicyclic amines) is 1. The molecule has 216 valence electrons. The van der Waals surface area contributed by atoms with Crippen LogP contribution in [0.4, 0.5) is 4.79 Å². The number of carbonyl (C=O) groups excluding carboxylic acids is 3. The van der Waals surface area contributed by atoms with Crippen molar-refractivity contribution in [2.24, 2.45) is 0 Å². The molecule has 4 rings (SSSR count). The highest BCUT2D eigenvalue weighted by Gasteiger charge is 2.42. The second-order valence-electron chi connectivity index (χ2n) is 11.1. The normalized spacial score (nSPS) is 21.6. The smallest absolute Gasteiger partial charge is 0.411 e. The van der Waals surface area contributed by atoms with Crippen LogP contribution in [0.3, 0.4) is 0 Å². The van der Waals surface area contributed by atoms with Crippen molar-refractivity contribution >= 4 is 52.7 Å². The number of halogens is 3. The second-order valence-corrected chi connectivity index (χ2v) is 12.4. The van der Waals surface area contributed by atoms with E-state index in [1.165, 1.54) is 4.90 Å². The van der Waals surface area contributed by atoms with Crippen LogP contribution in [0.15, 0.2) is 42.5 Å². The van der Waals surface area contributed by atoms with Crippen molar-refractivity contribution in [2.45, 2.75) is 50.8 Å². The molecule has 8 nitrogen and oxygen atoms in total. The molecule has 3 amide bonds. The van der Waals surface area contributed by atoms with E-state index in [0.717, 1.165) is 5.56 Å². The Kier molecular flexibility index (Phi) is 9.55. The van der Waals surface area contributed by atoms with Gasteiger partial charge >= 0.3 is 6.09 Å². The first-order valence-electron chi connectivity index (χ1n) is 13.2. The number of rotatable bonds is 4. The van der Waals surface area contributed by atoms with Gasteiger partial charge in [0.25, 0.3) is 5.91 Å². The van der Waals surface area contributed by atoms with Gasteiger partial charge in [0.15, 0.2) is 0 Å². The summed E-state index contributed by atoms with van der Waals surface area (Å²) in [6.07, 6.45) is -0.0228. The largest absolute Gasteiger partial charge is 0.444 e. The van der Waals surface area contributed by atoms with Crippen LogP contribution in [0.2, 0.25) is 15.1 Å². The van der Waals surface area contributed by atoms with E-state index in [2.05, 4.69) is 0 Å².